The van der Waals surface area contributed by atoms with Gasteiger partial charge >= 0.3 is 0 Å². The molecule has 2 heterocycles. The van der Waals surface area contributed by atoms with E-state index in [1.165, 1.54) is 29.7 Å². The topological polar surface area (TPSA) is 24.9 Å². The lowest BCUT2D eigenvalue weighted by atomic mass is 9.98. The predicted molar refractivity (Wildman–Crippen MR) is 90.6 cm³/mol. The van der Waals surface area contributed by atoms with Crippen molar-refractivity contribution in [2.24, 2.45) is 0 Å². The number of nitrogens with one attached hydrogen (secondary N) is 1. The van der Waals surface area contributed by atoms with Crippen LogP contribution in [0.3, 0.4) is 0 Å². The average molecular weight is 298 g/mol. The molecule has 3 rings (SSSR count). The zero-order valence-corrected chi connectivity index (χ0v) is 13.3. The Bertz CT molecular complexity index is 510. The monoisotopic (exact) mass is 298 g/mol. The summed E-state index contributed by atoms with van der Waals surface area (Å²) in [5.41, 5.74) is 2.60. The summed E-state index contributed by atoms with van der Waals surface area (Å²) in [5.74, 6) is 1.30. The van der Waals surface area contributed by atoms with Gasteiger partial charge in [-0.2, -0.15) is 11.8 Å². The molecule has 0 bridgehead atoms. The number of thioether (sulfide) groups is 1. The van der Waals surface area contributed by atoms with E-state index in [0.29, 0.717) is 4.75 Å². The second-order valence-corrected chi connectivity index (χ2v) is 7.59. The smallest absolute Gasteiger partial charge is 0.0578 e. The van der Waals surface area contributed by atoms with E-state index >= 15 is 0 Å². The van der Waals surface area contributed by atoms with Crippen LogP contribution in [0.1, 0.15) is 36.9 Å². The summed E-state index contributed by atoms with van der Waals surface area (Å²) in [5, 5.41) is 3.79. The van der Waals surface area contributed by atoms with Gasteiger partial charge in [0.2, 0.25) is 0 Å². The van der Waals surface area contributed by atoms with E-state index in [0.717, 1.165) is 6.54 Å². The fourth-order valence-electron chi connectivity index (χ4n) is 2.92. The molecule has 2 aromatic rings. The van der Waals surface area contributed by atoms with Gasteiger partial charge in [-0.1, -0.05) is 30.3 Å². The molecule has 2 atom stereocenters. The SMILES string of the molecule is CC1(CNC(c2ccccc2)c2ccncc2)CCCS1. The van der Waals surface area contributed by atoms with Gasteiger partial charge < -0.3 is 5.32 Å². The number of nitrogens with zero attached hydrogens (tertiary/aromatic N) is 1. The minimum Gasteiger partial charge on any atom is -0.305 e. The van der Waals surface area contributed by atoms with Gasteiger partial charge in [0.1, 0.15) is 0 Å². The van der Waals surface area contributed by atoms with Gasteiger partial charge in [-0.3, -0.25) is 4.98 Å². The first kappa shape index (κ1) is 14.6. The number of benzene rings is 1. The van der Waals surface area contributed by atoms with Crippen molar-refractivity contribution in [1.82, 2.24) is 10.3 Å². The highest BCUT2D eigenvalue weighted by atomic mass is 32.2. The summed E-state index contributed by atoms with van der Waals surface area (Å²) in [4.78, 5) is 4.14. The van der Waals surface area contributed by atoms with Crippen molar-refractivity contribution in [1.29, 1.82) is 0 Å². The molecule has 2 nitrogen and oxygen atoms in total. The molecule has 1 aromatic carbocycles. The van der Waals surface area contributed by atoms with Crippen LogP contribution < -0.4 is 5.32 Å². The third-order valence-corrected chi connectivity index (χ3v) is 5.69. The molecule has 0 spiro atoms. The van der Waals surface area contributed by atoms with Crippen LogP contribution in [0.4, 0.5) is 0 Å². The standard InChI is InChI=1S/C18H22N2S/c1-18(10-5-13-21-18)14-20-17(15-6-3-2-4-7-15)16-8-11-19-12-9-16/h2-4,6-9,11-12,17,20H,5,10,13-14H2,1H3. The summed E-state index contributed by atoms with van der Waals surface area (Å²) in [6.45, 7) is 3.42. The molecule has 2 unspecified atom stereocenters. The molecule has 1 aromatic heterocycles. The molecule has 1 fully saturated rings. The van der Waals surface area contributed by atoms with Gasteiger partial charge in [0.05, 0.1) is 6.04 Å². The highest BCUT2D eigenvalue weighted by Gasteiger charge is 2.30. The van der Waals surface area contributed by atoms with Crippen LogP contribution in [0.5, 0.6) is 0 Å². The van der Waals surface area contributed by atoms with E-state index in [-0.39, 0.29) is 6.04 Å². The molecular formula is C18H22N2S. The summed E-state index contributed by atoms with van der Waals surface area (Å²) in [6, 6.07) is 15.1. The summed E-state index contributed by atoms with van der Waals surface area (Å²) in [6.07, 6.45) is 6.40. The van der Waals surface area contributed by atoms with Crippen LogP contribution in [0, 0.1) is 0 Å². The van der Waals surface area contributed by atoms with Gasteiger partial charge in [0.25, 0.3) is 0 Å². The Morgan fingerprint density at radius 2 is 1.86 bits per heavy atom. The summed E-state index contributed by atoms with van der Waals surface area (Å²) < 4.78 is 0.375. The molecular weight excluding hydrogens is 276 g/mol. The van der Waals surface area contributed by atoms with Crippen LogP contribution in [0.15, 0.2) is 54.9 Å². The van der Waals surface area contributed by atoms with Crippen molar-refractivity contribution >= 4 is 11.8 Å². The Labute approximate surface area is 131 Å². The van der Waals surface area contributed by atoms with Crippen molar-refractivity contribution in [2.45, 2.75) is 30.6 Å². The highest BCUT2D eigenvalue weighted by Crippen LogP contribution is 2.37. The summed E-state index contributed by atoms with van der Waals surface area (Å²) in [7, 11) is 0. The van der Waals surface area contributed by atoms with Gasteiger partial charge in [0.15, 0.2) is 0 Å². The van der Waals surface area contributed by atoms with E-state index in [4.69, 9.17) is 0 Å². The maximum Gasteiger partial charge on any atom is 0.0578 e. The van der Waals surface area contributed by atoms with Crippen molar-refractivity contribution < 1.29 is 0 Å². The lowest BCUT2D eigenvalue weighted by Gasteiger charge is -2.28. The summed E-state index contributed by atoms with van der Waals surface area (Å²) >= 11 is 2.10. The zero-order chi connectivity index (χ0) is 14.5. The maximum atomic E-state index is 4.14. The number of hydrogen-bond donors (Lipinski definition) is 1. The van der Waals surface area contributed by atoms with Crippen molar-refractivity contribution in [3.05, 3.63) is 66.0 Å². The van der Waals surface area contributed by atoms with Crippen molar-refractivity contribution in [2.75, 3.05) is 12.3 Å². The quantitative estimate of drug-likeness (QED) is 0.901. The van der Waals surface area contributed by atoms with E-state index in [1.807, 2.05) is 12.4 Å². The predicted octanol–water partition coefficient (Wildman–Crippen LogP) is 4.05. The Hall–Kier alpha value is -1.32. The molecule has 1 aliphatic rings. The fourth-order valence-corrected chi connectivity index (χ4v) is 4.18. The molecule has 3 heteroatoms. The molecule has 1 N–H and O–H groups in total. The fraction of sp³-hybridized carbons (Fsp3) is 0.389. The molecule has 0 amide bonds. The number of pyridine rings is 1. The van der Waals surface area contributed by atoms with Crippen LogP contribution >= 0.6 is 11.8 Å². The Morgan fingerprint density at radius 1 is 1.14 bits per heavy atom. The first-order chi connectivity index (χ1) is 10.3. The number of aromatic nitrogens is 1. The lowest BCUT2D eigenvalue weighted by Crippen LogP contribution is -2.35. The molecule has 1 aliphatic heterocycles. The third kappa shape index (κ3) is 3.66. The van der Waals surface area contributed by atoms with E-state index in [9.17, 15) is 0 Å². The van der Waals surface area contributed by atoms with Crippen LogP contribution in [0.25, 0.3) is 0 Å². The largest absolute Gasteiger partial charge is 0.305 e. The molecule has 110 valence electrons. The number of hydrogen-bond acceptors (Lipinski definition) is 3. The van der Waals surface area contributed by atoms with Crippen LogP contribution in [-0.2, 0) is 0 Å². The van der Waals surface area contributed by atoms with Crippen LogP contribution in [-0.4, -0.2) is 22.0 Å². The molecule has 1 saturated heterocycles. The molecule has 0 saturated carbocycles. The Morgan fingerprint density at radius 3 is 2.52 bits per heavy atom. The highest BCUT2D eigenvalue weighted by molar-refractivity contribution is 8.00. The molecule has 0 aliphatic carbocycles. The Balaban J connectivity index is 1.80. The van der Waals surface area contributed by atoms with Gasteiger partial charge in [-0.05, 0) is 48.8 Å². The molecule has 21 heavy (non-hydrogen) atoms. The van der Waals surface area contributed by atoms with Crippen molar-refractivity contribution in [3.63, 3.8) is 0 Å². The number of rotatable bonds is 5. The van der Waals surface area contributed by atoms with Gasteiger partial charge in [-0.15, -0.1) is 0 Å². The lowest BCUT2D eigenvalue weighted by molar-refractivity contribution is 0.504. The minimum atomic E-state index is 0.243. The second kappa shape index (κ2) is 6.63. The van der Waals surface area contributed by atoms with Gasteiger partial charge in [-0.25, -0.2) is 0 Å². The van der Waals surface area contributed by atoms with Crippen molar-refractivity contribution in [3.8, 4) is 0 Å². The Kier molecular flexibility index (Phi) is 4.61. The van der Waals surface area contributed by atoms with E-state index < -0.39 is 0 Å². The van der Waals surface area contributed by atoms with Crippen LogP contribution in [0.2, 0.25) is 0 Å². The first-order valence-corrected chi connectivity index (χ1v) is 8.58. The van der Waals surface area contributed by atoms with Gasteiger partial charge in [0, 0.05) is 23.7 Å². The zero-order valence-electron chi connectivity index (χ0n) is 12.5. The third-order valence-electron chi connectivity index (χ3n) is 4.15. The average Bonchev–Trinajstić information content (AvgIpc) is 2.97. The second-order valence-electron chi connectivity index (χ2n) is 5.91. The minimum absolute atomic E-state index is 0.243. The normalized spacial score (nSPS) is 23.1. The van der Waals surface area contributed by atoms with E-state index in [2.05, 4.69) is 71.5 Å². The van der Waals surface area contributed by atoms with E-state index in [1.54, 1.807) is 0 Å². The maximum absolute atomic E-state index is 4.14. The molecule has 0 radical (unpaired) electrons. The first-order valence-electron chi connectivity index (χ1n) is 7.59.